The number of carbonyl (C=O) groups excluding carboxylic acids is 2. The third-order valence-electron chi connectivity index (χ3n) is 5.47. The van der Waals surface area contributed by atoms with Crippen molar-refractivity contribution in [3.05, 3.63) is 65.2 Å². The van der Waals surface area contributed by atoms with E-state index in [1.165, 1.54) is 5.56 Å². The first-order valence-corrected chi connectivity index (χ1v) is 11.1. The standard InChI is InChI=1S/C26H36N2O3/c1-6-21(4)27-26(30)22(5)28(18-23-13-9-19(2)10-14-23)25(29)8-7-17-31-24-15-11-20(3)12-16-24/h9-16,21-22H,6-8,17-18H2,1-5H3,(H,27,30)/t21-,22-/m1/s1. The van der Waals surface area contributed by atoms with E-state index in [1.807, 2.05) is 76.2 Å². The summed E-state index contributed by atoms with van der Waals surface area (Å²) in [6, 6.07) is 15.5. The molecular weight excluding hydrogens is 388 g/mol. The molecule has 2 rings (SSSR count). The van der Waals surface area contributed by atoms with Gasteiger partial charge in [0, 0.05) is 19.0 Å². The van der Waals surface area contributed by atoms with Crippen LogP contribution < -0.4 is 10.1 Å². The van der Waals surface area contributed by atoms with E-state index >= 15 is 0 Å². The average Bonchev–Trinajstić information content (AvgIpc) is 2.76. The molecule has 0 aromatic heterocycles. The van der Waals surface area contributed by atoms with Crippen LogP contribution in [0.25, 0.3) is 0 Å². The summed E-state index contributed by atoms with van der Waals surface area (Å²) in [5.74, 6) is 0.640. The van der Waals surface area contributed by atoms with Gasteiger partial charge in [-0.3, -0.25) is 9.59 Å². The van der Waals surface area contributed by atoms with Crippen molar-refractivity contribution < 1.29 is 14.3 Å². The Morgan fingerprint density at radius 2 is 1.55 bits per heavy atom. The Morgan fingerprint density at radius 1 is 0.968 bits per heavy atom. The van der Waals surface area contributed by atoms with Gasteiger partial charge in [0.25, 0.3) is 0 Å². The van der Waals surface area contributed by atoms with Gasteiger partial charge >= 0.3 is 0 Å². The Hall–Kier alpha value is -2.82. The molecule has 0 unspecified atom stereocenters. The maximum Gasteiger partial charge on any atom is 0.242 e. The first kappa shape index (κ1) is 24.4. The molecule has 2 aromatic rings. The van der Waals surface area contributed by atoms with Gasteiger partial charge in [-0.05, 0) is 58.2 Å². The van der Waals surface area contributed by atoms with E-state index in [4.69, 9.17) is 4.74 Å². The minimum Gasteiger partial charge on any atom is -0.494 e. The molecule has 0 spiro atoms. The fraction of sp³-hybridized carbons (Fsp3) is 0.462. The van der Waals surface area contributed by atoms with Crippen LogP contribution in [0.3, 0.4) is 0 Å². The molecule has 0 aliphatic carbocycles. The van der Waals surface area contributed by atoms with Gasteiger partial charge in [-0.1, -0.05) is 54.4 Å². The van der Waals surface area contributed by atoms with Crippen LogP contribution in [0.15, 0.2) is 48.5 Å². The summed E-state index contributed by atoms with van der Waals surface area (Å²) in [7, 11) is 0. The molecule has 31 heavy (non-hydrogen) atoms. The third-order valence-corrected chi connectivity index (χ3v) is 5.47. The number of hydrogen-bond acceptors (Lipinski definition) is 3. The third kappa shape index (κ3) is 8.08. The minimum absolute atomic E-state index is 0.0418. The molecule has 0 aliphatic rings. The number of nitrogens with zero attached hydrogens (tertiary/aromatic N) is 1. The second-order valence-electron chi connectivity index (χ2n) is 8.27. The normalized spacial score (nSPS) is 12.7. The molecule has 2 atom stereocenters. The summed E-state index contributed by atoms with van der Waals surface area (Å²) in [4.78, 5) is 27.5. The van der Waals surface area contributed by atoms with Crippen molar-refractivity contribution in [3.8, 4) is 5.75 Å². The van der Waals surface area contributed by atoms with Crippen LogP contribution in [0.4, 0.5) is 0 Å². The first-order valence-electron chi connectivity index (χ1n) is 11.1. The van der Waals surface area contributed by atoms with Crippen molar-refractivity contribution in [1.82, 2.24) is 10.2 Å². The highest BCUT2D eigenvalue weighted by molar-refractivity contribution is 5.87. The zero-order valence-corrected chi connectivity index (χ0v) is 19.5. The summed E-state index contributed by atoms with van der Waals surface area (Å²) in [5, 5.41) is 3.00. The molecule has 168 valence electrons. The maximum atomic E-state index is 13.1. The molecule has 0 saturated heterocycles. The topological polar surface area (TPSA) is 58.6 Å². The van der Waals surface area contributed by atoms with Gasteiger partial charge in [0.15, 0.2) is 0 Å². The number of aryl methyl sites for hydroxylation is 2. The average molecular weight is 425 g/mol. The lowest BCUT2D eigenvalue weighted by molar-refractivity contribution is -0.141. The zero-order valence-electron chi connectivity index (χ0n) is 19.5. The summed E-state index contributed by atoms with van der Waals surface area (Å²) >= 11 is 0. The van der Waals surface area contributed by atoms with Gasteiger partial charge in [-0.15, -0.1) is 0 Å². The van der Waals surface area contributed by atoms with Crippen LogP contribution in [0.5, 0.6) is 5.75 Å². The van der Waals surface area contributed by atoms with Crippen LogP contribution in [0, 0.1) is 13.8 Å². The van der Waals surface area contributed by atoms with Crippen molar-refractivity contribution in [2.75, 3.05) is 6.61 Å². The molecule has 0 radical (unpaired) electrons. The molecule has 1 N–H and O–H groups in total. The molecule has 5 heteroatoms. The number of nitrogens with one attached hydrogen (secondary N) is 1. The van der Waals surface area contributed by atoms with Crippen molar-refractivity contribution in [2.24, 2.45) is 0 Å². The fourth-order valence-electron chi connectivity index (χ4n) is 3.13. The maximum absolute atomic E-state index is 13.1. The van der Waals surface area contributed by atoms with Gasteiger partial charge in [-0.2, -0.15) is 0 Å². The van der Waals surface area contributed by atoms with Crippen LogP contribution in [0.2, 0.25) is 0 Å². The van der Waals surface area contributed by atoms with Crippen LogP contribution in [-0.4, -0.2) is 35.4 Å². The minimum atomic E-state index is -0.541. The first-order chi connectivity index (χ1) is 14.8. The largest absolute Gasteiger partial charge is 0.494 e. The van der Waals surface area contributed by atoms with E-state index in [0.29, 0.717) is 26.0 Å². The van der Waals surface area contributed by atoms with Crippen LogP contribution in [0.1, 0.15) is 56.7 Å². The Morgan fingerprint density at radius 3 is 2.13 bits per heavy atom. The second kappa shape index (κ2) is 12.1. The number of amides is 2. The quantitative estimate of drug-likeness (QED) is 0.528. The van der Waals surface area contributed by atoms with E-state index in [1.54, 1.807) is 11.8 Å². The van der Waals surface area contributed by atoms with Gasteiger partial charge < -0.3 is 15.0 Å². The monoisotopic (exact) mass is 424 g/mol. The van der Waals surface area contributed by atoms with Crippen LogP contribution in [-0.2, 0) is 16.1 Å². The summed E-state index contributed by atoms with van der Waals surface area (Å²) < 4.78 is 5.75. The Labute approximate surface area is 186 Å². The highest BCUT2D eigenvalue weighted by atomic mass is 16.5. The summed E-state index contributed by atoms with van der Waals surface area (Å²) in [6.45, 7) is 10.7. The predicted molar refractivity (Wildman–Crippen MR) is 125 cm³/mol. The van der Waals surface area contributed by atoms with Crippen molar-refractivity contribution in [1.29, 1.82) is 0 Å². The van der Waals surface area contributed by atoms with Gasteiger partial charge in [-0.25, -0.2) is 0 Å². The SMILES string of the molecule is CC[C@@H](C)NC(=O)[C@@H](C)N(Cc1ccc(C)cc1)C(=O)CCCOc1ccc(C)cc1. The molecule has 2 amide bonds. The van der Waals surface area contributed by atoms with Gasteiger partial charge in [0.2, 0.25) is 11.8 Å². The van der Waals surface area contributed by atoms with Gasteiger partial charge in [0.1, 0.15) is 11.8 Å². The number of rotatable bonds is 11. The number of carbonyl (C=O) groups is 2. The Kier molecular flexibility index (Phi) is 9.57. The van der Waals surface area contributed by atoms with Crippen molar-refractivity contribution in [3.63, 3.8) is 0 Å². The second-order valence-corrected chi connectivity index (χ2v) is 8.27. The van der Waals surface area contributed by atoms with Crippen molar-refractivity contribution >= 4 is 11.8 Å². The fourth-order valence-corrected chi connectivity index (χ4v) is 3.13. The van der Waals surface area contributed by atoms with E-state index in [-0.39, 0.29) is 17.9 Å². The summed E-state index contributed by atoms with van der Waals surface area (Å²) in [6.07, 6.45) is 1.77. The lowest BCUT2D eigenvalue weighted by Crippen LogP contribution is -2.49. The van der Waals surface area contributed by atoms with E-state index < -0.39 is 6.04 Å². The molecule has 0 fully saturated rings. The Balaban J connectivity index is 1.99. The lowest BCUT2D eigenvalue weighted by Gasteiger charge is -2.30. The Bertz CT molecular complexity index is 831. The van der Waals surface area contributed by atoms with E-state index in [0.717, 1.165) is 23.3 Å². The number of ether oxygens (including phenoxy) is 1. The van der Waals surface area contributed by atoms with E-state index in [9.17, 15) is 9.59 Å². The molecular formula is C26H36N2O3. The number of benzene rings is 2. The molecule has 0 bridgehead atoms. The van der Waals surface area contributed by atoms with Crippen LogP contribution >= 0.6 is 0 Å². The highest BCUT2D eigenvalue weighted by Crippen LogP contribution is 2.15. The molecule has 0 saturated carbocycles. The smallest absolute Gasteiger partial charge is 0.242 e. The van der Waals surface area contributed by atoms with E-state index in [2.05, 4.69) is 5.32 Å². The molecule has 5 nitrogen and oxygen atoms in total. The summed E-state index contributed by atoms with van der Waals surface area (Å²) in [5.41, 5.74) is 3.36. The van der Waals surface area contributed by atoms with Gasteiger partial charge in [0.05, 0.1) is 6.61 Å². The molecule has 0 heterocycles. The molecule has 0 aliphatic heterocycles. The highest BCUT2D eigenvalue weighted by Gasteiger charge is 2.26. The lowest BCUT2D eigenvalue weighted by atomic mass is 10.1. The van der Waals surface area contributed by atoms with Crippen molar-refractivity contribution in [2.45, 2.75) is 72.5 Å². The molecule has 2 aromatic carbocycles. The zero-order chi connectivity index (χ0) is 22.8. The predicted octanol–water partition coefficient (Wildman–Crippen LogP) is 4.79. The number of hydrogen-bond donors (Lipinski definition) is 1.